The summed E-state index contributed by atoms with van der Waals surface area (Å²) in [5, 5.41) is 0.527. The van der Waals surface area contributed by atoms with E-state index < -0.39 is 0 Å². The summed E-state index contributed by atoms with van der Waals surface area (Å²) in [6.45, 7) is 5.22. The first kappa shape index (κ1) is 17.2. The highest BCUT2D eigenvalue weighted by atomic mass is 35.5. The fraction of sp³-hybridized carbons (Fsp3) is 0.316. The van der Waals surface area contributed by atoms with Gasteiger partial charge in [-0.25, -0.2) is 0 Å². The smallest absolute Gasteiger partial charge is 0.255 e. The maximum Gasteiger partial charge on any atom is 0.255 e. The van der Waals surface area contributed by atoms with Crippen molar-refractivity contribution in [2.24, 2.45) is 0 Å². The van der Waals surface area contributed by atoms with Crippen LogP contribution in [0.4, 0.5) is 5.69 Å². The minimum Gasteiger partial charge on any atom is -0.368 e. The van der Waals surface area contributed by atoms with Crippen LogP contribution >= 0.6 is 23.4 Å². The van der Waals surface area contributed by atoms with Gasteiger partial charge in [-0.3, -0.25) is 4.79 Å². The third kappa shape index (κ3) is 3.70. The number of carbonyl (C=O) groups is 1. The number of amides is 1. The molecule has 0 spiro atoms. The van der Waals surface area contributed by atoms with Crippen LogP contribution in [0.3, 0.4) is 0 Å². The molecule has 0 atom stereocenters. The van der Waals surface area contributed by atoms with Crippen LogP contribution in [0.1, 0.15) is 15.9 Å². The molecule has 1 saturated heterocycles. The molecule has 1 aliphatic heterocycles. The number of rotatable bonds is 3. The molecule has 3 rings (SSSR count). The Morgan fingerprint density at radius 1 is 1.08 bits per heavy atom. The third-order valence-corrected chi connectivity index (χ3v) is 5.39. The van der Waals surface area contributed by atoms with Gasteiger partial charge in [0.1, 0.15) is 0 Å². The SMILES string of the molecule is CSc1ccc(Cl)c(C(=O)N2CCN(c3cccc(C)c3)CC2)c1. The maximum atomic E-state index is 12.8. The number of anilines is 1. The molecule has 24 heavy (non-hydrogen) atoms. The van der Waals surface area contributed by atoms with Gasteiger partial charge in [-0.05, 0) is 49.1 Å². The molecule has 1 heterocycles. The van der Waals surface area contributed by atoms with Gasteiger partial charge < -0.3 is 9.80 Å². The number of nitrogens with zero attached hydrogens (tertiary/aromatic N) is 2. The molecule has 0 unspecified atom stereocenters. The Kier molecular flexibility index (Phi) is 5.36. The van der Waals surface area contributed by atoms with Gasteiger partial charge >= 0.3 is 0 Å². The molecule has 0 saturated carbocycles. The molecule has 2 aromatic rings. The average molecular weight is 361 g/mol. The van der Waals surface area contributed by atoms with E-state index in [1.165, 1.54) is 11.3 Å². The van der Waals surface area contributed by atoms with E-state index in [2.05, 4.69) is 36.1 Å². The summed E-state index contributed by atoms with van der Waals surface area (Å²) in [6, 6.07) is 14.1. The normalized spacial score (nSPS) is 14.8. The number of carbonyl (C=O) groups excluding carboxylic acids is 1. The molecule has 2 aromatic carbocycles. The molecule has 1 amide bonds. The quantitative estimate of drug-likeness (QED) is 0.761. The second kappa shape index (κ2) is 7.49. The van der Waals surface area contributed by atoms with Crippen LogP contribution < -0.4 is 4.90 Å². The number of hydrogen-bond acceptors (Lipinski definition) is 3. The summed E-state index contributed by atoms with van der Waals surface area (Å²) in [6.07, 6.45) is 2.00. The van der Waals surface area contributed by atoms with Gasteiger partial charge in [-0.1, -0.05) is 23.7 Å². The first-order valence-electron chi connectivity index (χ1n) is 8.03. The molecule has 0 N–H and O–H groups in total. The van der Waals surface area contributed by atoms with Crippen molar-refractivity contribution in [3.8, 4) is 0 Å². The Balaban J connectivity index is 1.69. The zero-order valence-corrected chi connectivity index (χ0v) is 15.5. The molecule has 1 fully saturated rings. The van der Waals surface area contributed by atoms with E-state index in [9.17, 15) is 4.79 Å². The summed E-state index contributed by atoms with van der Waals surface area (Å²) in [4.78, 5) is 18.1. The Morgan fingerprint density at radius 3 is 2.50 bits per heavy atom. The van der Waals surface area contributed by atoms with E-state index in [1.807, 2.05) is 29.4 Å². The van der Waals surface area contributed by atoms with Gasteiger partial charge in [0.25, 0.3) is 5.91 Å². The van der Waals surface area contributed by atoms with Crippen LogP contribution in [0.5, 0.6) is 0 Å². The van der Waals surface area contributed by atoms with Gasteiger partial charge in [0.2, 0.25) is 0 Å². The minimum atomic E-state index is 0.0276. The van der Waals surface area contributed by atoms with Crippen LogP contribution in [0.15, 0.2) is 47.4 Å². The predicted octanol–water partition coefficient (Wildman–Crippen LogP) is 4.33. The molecule has 126 valence electrons. The highest BCUT2D eigenvalue weighted by molar-refractivity contribution is 7.98. The summed E-state index contributed by atoms with van der Waals surface area (Å²) < 4.78 is 0. The van der Waals surface area contributed by atoms with Crippen LogP contribution in [-0.2, 0) is 0 Å². The number of piperazine rings is 1. The fourth-order valence-electron chi connectivity index (χ4n) is 2.96. The molecule has 5 heteroatoms. The van der Waals surface area contributed by atoms with Crippen molar-refractivity contribution >= 4 is 35.0 Å². The fourth-order valence-corrected chi connectivity index (χ4v) is 3.60. The van der Waals surface area contributed by atoms with Crippen molar-refractivity contribution in [1.29, 1.82) is 0 Å². The van der Waals surface area contributed by atoms with Crippen LogP contribution in [0, 0.1) is 6.92 Å². The largest absolute Gasteiger partial charge is 0.368 e. The Hall–Kier alpha value is -1.65. The highest BCUT2D eigenvalue weighted by Crippen LogP contribution is 2.25. The van der Waals surface area contributed by atoms with E-state index in [4.69, 9.17) is 11.6 Å². The number of thioether (sulfide) groups is 1. The summed E-state index contributed by atoms with van der Waals surface area (Å²) in [5.74, 6) is 0.0276. The standard InChI is InChI=1S/C19H21ClN2OS/c1-14-4-3-5-15(12-14)21-8-10-22(11-9-21)19(23)17-13-16(24-2)6-7-18(17)20/h3-7,12-13H,8-11H2,1-2H3. The van der Waals surface area contributed by atoms with Gasteiger partial charge in [0, 0.05) is 36.8 Å². The second-order valence-corrected chi connectivity index (χ2v) is 7.25. The van der Waals surface area contributed by atoms with E-state index in [-0.39, 0.29) is 5.91 Å². The molecular weight excluding hydrogens is 340 g/mol. The van der Waals surface area contributed by atoms with E-state index >= 15 is 0 Å². The lowest BCUT2D eigenvalue weighted by Gasteiger charge is -2.36. The van der Waals surface area contributed by atoms with E-state index in [1.54, 1.807) is 11.8 Å². The van der Waals surface area contributed by atoms with Gasteiger partial charge in [0.05, 0.1) is 10.6 Å². The average Bonchev–Trinajstić information content (AvgIpc) is 2.62. The predicted molar refractivity (Wildman–Crippen MR) is 103 cm³/mol. The van der Waals surface area contributed by atoms with Crippen molar-refractivity contribution in [3.05, 3.63) is 58.6 Å². The topological polar surface area (TPSA) is 23.6 Å². The zero-order chi connectivity index (χ0) is 17.1. The Morgan fingerprint density at radius 2 is 1.83 bits per heavy atom. The maximum absolute atomic E-state index is 12.8. The molecule has 1 aliphatic rings. The van der Waals surface area contributed by atoms with Crippen molar-refractivity contribution < 1.29 is 4.79 Å². The van der Waals surface area contributed by atoms with Crippen molar-refractivity contribution in [2.45, 2.75) is 11.8 Å². The van der Waals surface area contributed by atoms with Crippen LogP contribution in [-0.4, -0.2) is 43.2 Å². The lowest BCUT2D eigenvalue weighted by molar-refractivity contribution is 0.0746. The summed E-state index contributed by atoms with van der Waals surface area (Å²) in [7, 11) is 0. The van der Waals surface area contributed by atoms with E-state index in [0.29, 0.717) is 23.7 Å². The molecule has 0 aliphatic carbocycles. The molecular formula is C19H21ClN2OS. The summed E-state index contributed by atoms with van der Waals surface area (Å²) in [5.41, 5.74) is 3.09. The number of aryl methyl sites for hydroxylation is 1. The second-order valence-electron chi connectivity index (χ2n) is 5.96. The van der Waals surface area contributed by atoms with Crippen molar-refractivity contribution in [1.82, 2.24) is 4.90 Å². The lowest BCUT2D eigenvalue weighted by atomic mass is 10.1. The Labute approximate surface area is 152 Å². The van der Waals surface area contributed by atoms with Crippen LogP contribution in [0.2, 0.25) is 5.02 Å². The lowest BCUT2D eigenvalue weighted by Crippen LogP contribution is -2.48. The third-order valence-electron chi connectivity index (χ3n) is 4.34. The van der Waals surface area contributed by atoms with Crippen molar-refractivity contribution in [2.75, 3.05) is 37.3 Å². The molecule has 3 nitrogen and oxygen atoms in total. The first-order chi connectivity index (χ1) is 11.6. The highest BCUT2D eigenvalue weighted by Gasteiger charge is 2.24. The number of benzene rings is 2. The first-order valence-corrected chi connectivity index (χ1v) is 9.63. The van der Waals surface area contributed by atoms with Gasteiger partial charge in [-0.15, -0.1) is 11.8 Å². The number of hydrogen-bond donors (Lipinski definition) is 0. The van der Waals surface area contributed by atoms with Gasteiger partial charge in [-0.2, -0.15) is 0 Å². The summed E-state index contributed by atoms with van der Waals surface area (Å²) >= 11 is 7.86. The van der Waals surface area contributed by atoms with Crippen molar-refractivity contribution in [3.63, 3.8) is 0 Å². The molecule has 0 bridgehead atoms. The molecule has 0 radical (unpaired) electrons. The van der Waals surface area contributed by atoms with Gasteiger partial charge in [0.15, 0.2) is 0 Å². The minimum absolute atomic E-state index is 0.0276. The number of halogens is 1. The Bertz CT molecular complexity index is 742. The molecule has 0 aromatic heterocycles. The van der Waals surface area contributed by atoms with Crippen LogP contribution in [0.25, 0.3) is 0 Å². The van der Waals surface area contributed by atoms with E-state index in [0.717, 1.165) is 18.0 Å². The monoisotopic (exact) mass is 360 g/mol. The zero-order valence-electron chi connectivity index (χ0n) is 14.0.